The Labute approximate surface area is 107 Å². The summed E-state index contributed by atoms with van der Waals surface area (Å²) < 4.78 is 26.7. The Kier molecular flexibility index (Phi) is 2.50. The van der Waals surface area contributed by atoms with Gasteiger partial charge in [-0.25, -0.2) is 13.8 Å². The van der Waals surface area contributed by atoms with Crippen molar-refractivity contribution in [2.24, 2.45) is 0 Å². The summed E-state index contributed by atoms with van der Waals surface area (Å²) in [5, 5.41) is 9.49. The molecule has 5 heteroatoms. The molecule has 0 radical (unpaired) electrons. The molecule has 3 aromatic rings. The van der Waals surface area contributed by atoms with Gasteiger partial charge >= 0.3 is 0 Å². The lowest BCUT2D eigenvalue weighted by molar-refractivity contribution is 0.585. The van der Waals surface area contributed by atoms with E-state index in [4.69, 9.17) is 5.26 Å². The molecular weight excluding hydrogens is 248 g/mol. The van der Waals surface area contributed by atoms with Crippen molar-refractivity contribution in [3.05, 3.63) is 53.9 Å². The van der Waals surface area contributed by atoms with Crippen LogP contribution in [0.15, 0.2) is 36.7 Å². The normalized spacial score (nSPS) is 10.6. The topological polar surface area (TPSA) is 52.5 Å². The zero-order chi connectivity index (χ0) is 13.4. The fourth-order valence-electron chi connectivity index (χ4n) is 2.00. The molecule has 1 N–H and O–H groups in total. The predicted octanol–water partition coefficient (Wildman–Crippen LogP) is 3.38. The van der Waals surface area contributed by atoms with E-state index in [2.05, 4.69) is 9.97 Å². The number of aromatic nitrogens is 2. The number of nitriles is 1. The molecule has 92 valence electrons. The van der Waals surface area contributed by atoms with Crippen molar-refractivity contribution in [1.82, 2.24) is 9.97 Å². The van der Waals surface area contributed by atoms with E-state index in [1.54, 1.807) is 12.3 Å². The second kappa shape index (κ2) is 4.18. The second-order valence-electron chi connectivity index (χ2n) is 4.06. The molecule has 19 heavy (non-hydrogen) atoms. The first-order chi connectivity index (χ1) is 9.19. The Bertz CT molecular complexity index is 815. The molecule has 0 amide bonds. The van der Waals surface area contributed by atoms with Gasteiger partial charge in [0.1, 0.15) is 23.4 Å². The van der Waals surface area contributed by atoms with Crippen molar-refractivity contribution in [3.8, 4) is 17.2 Å². The summed E-state index contributed by atoms with van der Waals surface area (Å²) in [5.74, 6) is -1.28. The number of rotatable bonds is 1. The average Bonchev–Trinajstić information content (AvgIpc) is 2.81. The molecule has 0 saturated heterocycles. The highest BCUT2D eigenvalue weighted by Gasteiger charge is 2.12. The molecule has 0 fully saturated rings. The Morgan fingerprint density at radius 2 is 2.00 bits per heavy atom. The molecule has 0 aliphatic rings. The highest BCUT2D eigenvalue weighted by molar-refractivity contribution is 5.94. The van der Waals surface area contributed by atoms with Crippen LogP contribution in [0.3, 0.4) is 0 Å². The number of hydrogen-bond acceptors (Lipinski definition) is 2. The van der Waals surface area contributed by atoms with Crippen LogP contribution in [0.25, 0.3) is 22.2 Å². The van der Waals surface area contributed by atoms with Gasteiger partial charge in [0.25, 0.3) is 0 Å². The SMILES string of the molecule is N#Cc1cnc2[nH]cc(-c3ccc(F)cc3F)c2c1. The summed E-state index contributed by atoms with van der Waals surface area (Å²) in [6, 6.07) is 6.99. The Morgan fingerprint density at radius 3 is 2.74 bits per heavy atom. The van der Waals surface area contributed by atoms with Gasteiger partial charge < -0.3 is 4.98 Å². The van der Waals surface area contributed by atoms with E-state index in [1.165, 1.54) is 18.3 Å². The Hall–Kier alpha value is -2.74. The number of nitrogens with one attached hydrogen (secondary N) is 1. The maximum Gasteiger partial charge on any atom is 0.137 e. The van der Waals surface area contributed by atoms with Crippen molar-refractivity contribution in [1.29, 1.82) is 5.26 Å². The minimum absolute atomic E-state index is 0.268. The van der Waals surface area contributed by atoms with Crippen LogP contribution < -0.4 is 0 Å². The van der Waals surface area contributed by atoms with Crippen LogP contribution in [-0.4, -0.2) is 9.97 Å². The molecule has 0 aliphatic heterocycles. The summed E-state index contributed by atoms with van der Waals surface area (Å²) >= 11 is 0. The Morgan fingerprint density at radius 1 is 1.16 bits per heavy atom. The smallest absolute Gasteiger partial charge is 0.137 e. The molecule has 0 saturated carbocycles. The minimum atomic E-state index is -0.650. The number of H-pyrrole nitrogens is 1. The van der Waals surface area contributed by atoms with Gasteiger partial charge in [0, 0.05) is 35.0 Å². The zero-order valence-electron chi connectivity index (χ0n) is 9.61. The maximum atomic E-state index is 13.8. The first-order valence-electron chi connectivity index (χ1n) is 5.51. The summed E-state index contributed by atoms with van der Waals surface area (Å²) in [4.78, 5) is 6.97. The van der Waals surface area contributed by atoms with Gasteiger partial charge in [-0.2, -0.15) is 5.26 Å². The van der Waals surface area contributed by atoms with Gasteiger partial charge in [-0.3, -0.25) is 0 Å². The lowest BCUT2D eigenvalue weighted by atomic mass is 10.0. The first-order valence-corrected chi connectivity index (χ1v) is 5.51. The Balaban J connectivity index is 2.28. The number of pyridine rings is 1. The fourth-order valence-corrected chi connectivity index (χ4v) is 2.00. The van der Waals surface area contributed by atoms with E-state index in [9.17, 15) is 8.78 Å². The molecule has 0 unspecified atom stereocenters. The third kappa shape index (κ3) is 1.83. The molecule has 1 aromatic carbocycles. The largest absolute Gasteiger partial charge is 0.346 e. The van der Waals surface area contributed by atoms with Crippen molar-refractivity contribution < 1.29 is 8.78 Å². The second-order valence-corrected chi connectivity index (χ2v) is 4.06. The van der Waals surface area contributed by atoms with Crippen molar-refractivity contribution >= 4 is 11.0 Å². The van der Waals surface area contributed by atoms with Gasteiger partial charge in [0.15, 0.2) is 0 Å². The van der Waals surface area contributed by atoms with E-state index < -0.39 is 11.6 Å². The third-order valence-electron chi connectivity index (χ3n) is 2.88. The summed E-state index contributed by atoms with van der Waals surface area (Å²) in [6.07, 6.45) is 3.03. The molecule has 3 rings (SSSR count). The van der Waals surface area contributed by atoms with Gasteiger partial charge in [-0.15, -0.1) is 0 Å². The number of halogens is 2. The summed E-state index contributed by atoms with van der Waals surface area (Å²) in [6.45, 7) is 0. The lowest BCUT2D eigenvalue weighted by Gasteiger charge is -2.01. The van der Waals surface area contributed by atoms with Crippen molar-refractivity contribution in [3.63, 3.8) is 0 Å². The molecule has 0 aliphatic carbocycles. The standard InChI is InChI=1S/C14H7F2N3/c15-9-1-2-10(13(16)4-9)12-7-19-14-11(12)3-8(5-17)6-18-14/h1-4,6-7H,(H,18,19). The number of aromatic amines is 1. The summed E-state index contributed by atoms with van der Waals surface area (Å²) in [5.41, 5.74) is 1.76. The monoisotopic (exact) mass is 255 g/mol. The molecular formula is C14H7F2N3. The highest BCUT2D eigenvalue weighted by Crippen LogP contribution is 2.30. The highest BCUT2D eigenvalue weighted by atomic mass is 19.1. The quantitative estimate of drug-likeness (QED) is 0.724. The van der Waals surface area contributed by atoms with Crippen molar-refractivity contribution in [2.75, 3.05) is 0 Å². The van der Waals surface area contributed by atoms with E-state index in [0.717, 1.165) is 6.07 Å². The molecule has 0 spiro atoms. The number of hydrogen-bond donors (Lipinski definition) is 1. The molecule has 0 atom stereocenters. The minimum Gasteiger partial charge on any atom is -0.346 e. The van der Waals surface area contributed by atoms with Crippen LogP contribution in [0.2, 0.25) is 0 Å². The molecule has 3 nitrogen and oxygen atoms in total. The van der Waals surface area contributed by atoms with Crippen LogP contribution in [0.1, 0.15) is 5.56 Å². The average molecular weight is 255 g/mol. The van der Waals surface area contributed by atoms with Crippen LogP contribution in [-0.2, 0) is 0 Å². The summed E-state index contributed by atoms with van der Waals surface area (Å²) in [7, 11) is 0. The first kappa shape index (κ1) is 11.4. The van der Waals surface area contributed by atoms with Crippen LogP contribution in [0, 0.1) is 23.0 Å². The number of benzene rings is 1. The molecule has 2 aromatic heterocycles. The van der Waals surface area contributed by atoms with Gasteiger partial charge in [-0.05, 0) is 18.2 Å². The van der Waals surface area contributed by atoms with E-state index in [0.29, 0.717) is 22.2 Å². The van der Waals surface area contributed by atoms with Gasteiger partial charge in [0.05, 0.1) is 5.56 Å². The fraction of sp³-hybridized carbons (Fsp3) is 0. The zero-order valence-corrected chi connectivity index (χ0v) is 9.61. The van der Waals surface area contributed by atoms with Gasteiger partial charge in [-0.1, -0.05) is 0 Å². The van der Waals surface area contributed by atoms with Crippen molar-refractivity contribution in [2.45, 2.75) is 0 Å². The predicted molar refractivity (Wildman–Crippen MR) is 66.2 cm³/mol. The maximum absolute atomic E-state index is 13.8. The van der Waals surface area contributed by atoms with Crippen LogP contribution in [0.5, 0.6) is 0 Å². The van der Waals surface area contributed by atoms with E-state index >= 15 is 0 Å². The van der Waals surface area contributed by atoms with Crippen LogP contribution >= 0.6 is 0 Å². The number of fused-ring (bicyclic) bond motifs is 1. The van der Waals surface area contributed by atoms with E-state index in [1.807, 2.05) is 6.07 Å². The van der Waals surface area contributed by atoms with E-state index in [-0.39, 0.29) is 5.56 Å². The molecule has 0 bridgehead atoms. The van der Waals surface area contributed by atoms with Gasteiger partial charge in [0.2, 0.25) is 0 Å². The molecule has 2 heterocycles. The van der Waals surface area contributed by atoms with Crippen LogP contribution in [0.4, 0.5) is 8.78 Å². The lowest BCUT2D eigenvalue weighted by Crippen LogP contribution is -1.86. The third-order valence-corrected chi connectivity index (χ3v) is 2.88. The number of nitrogens with zero attached hydrogens (tertiary/aromatic N) is 2.